The third-order valence-corrected chi connectivity index (χ3v) is 5.35. The fourth-order valence-electron chi connectivity index (χ4n) is 3.61. The quantitative estimate of drug-likeness (QED) is 0.682. The molecule has 0 radical (unpaired) electrons. The predicted molar refractivity (Wildman–Crippen MR) is 112 cm³/mol. The van der Waals surface area contributed by atoms with E-state index in [4.69, 9.17) is 0 Å². The van der Waals surface area contributed by atoms with Gasteiger partial charge in [0.05, 0.1) is 11.3 Å². The number of hydrogen-bond acceptors (Lipinski definition) is 3. The lowest BCUT2D eigenvalue weighted by molar-refractivity contribution is -0.137. The zero-order chi connectivity index (χ0) is 20.6. The first-order valence-electron chi connectivity index (χ1n) is 10.1. The van der Waals surface area contributed by atoms with Crippen LogP contribution in [0, 0.1) is 5.92 Å². The van der Waals surface area contributed by atoms with Crippen LogP contribution in [0.3, 0.4) is 0 Å². The summed E-state index contributed by atoms with van der Waals surface area (Å²) in [5.41, 5.74) is 1.61. The number of anilines is 1. The summed E-state index contributed by atoms with van der Waals surface area (Å²) >= 11 is 0. The standard InChI is InChI=1S/C23H27N3O3/c1-16-9-5-7-13-19(16)25-22(28)23(29)26-20-14-8-6-12-18(20)21(27)24-15-17-10-3-2-4-11-17/h2-4,6,8,10-12,14,16,19H,5,7,9,13,15H2,1H3,(H,24,27)(H,25,28)(H,26,29)/t16-,19-/m0/s1. The van der Waals surface area contributed by atoms with E-state index in [1.54, 1.807) is 24.3 Å². The van der Waals surface area contributed by atoms with Crippen LogP contribution in [-0.4, -0.2) is 23.8 Å². The molecule has 6 heteroatoms. The summed E-state index contributed by atoms with van der Waals surface area (Å²) in [6.45, 7) is 2.47. The topological polar surface area (TPSA) is 87.3 Å². The molecule has 152 valence electrons. The molecule has 2 aromatic carbocycles. The van der Waals surface area contributed by atoms with E-state index < -0.39 is 11.8 Å². The lowest BCUT2D eigenvalue weighted by atomic mass is 9.86. The highest BCUT2D eigenvalue weighted by Gasteiger charge is 2.26. The molecular formula is C23H27N3O3. The fraction of sp³-hybridized carbons (Fsp3) is 0.348. The van der Waals surface area contributed by atoms with Gasteiger partial charge in [0.1, 0.15) is 0 Å². The molecule has 3 rings (SSSR count). The number of amides is 3. The Morgan fingerprint density at radius 3 is 2.34 bits per heavy atom. The molecule has 0 aliphatic heterocycles. The van der Waals surface area contributed by atoms with Crippen molar-refractivity contribution in [1.29, 1.82) is 0 Å². The second-order valence-electron chi connectivity index (χ2n) is 7.51. The van der Waals surface area contributed by atoms with E-state index >= 15 is 0 Å². The van der Waals surface area contributed by atoms with E-state index in [-0.39, 0.29) is 11.9 Å². The van der Waals surface area contributed by atoms with Crippen molar-refractivity contribution in [2.24, 2.45) is 5.92 Å². The minimum absolute atomic E-state index is 0.0198. The number of carbonyl (C=O) groups excluding carboxylic acids is 3. The fourth-order valence-corrected chi connectivity index (χ4v) is 3.61. The van der Waals surface area contributed by atoms with Crippen LogP contribution >= 0.6 is 0 Å². The number of para-hydroxylation sites is 1. The van der Waals surface area contributed by atoms with Crippen molar-refractivity contribution in [2.45, 2.75) is 45.2 Å². The van der Waals surface area contributed by atoms with Gasteiger partial charge in [0.2, 0.25) is 0 Å². The number of carbonyl (C=O) groups is 3. The Morgan fingerprint density at radius 1 is 0.897 bits per heavy atom. The smallest absolute Gasteiger partial charge is 0.313 e. The molecule has 0 unspecified atom stereocenters. The average molecular weight is 393 g/mol. The summed E-state index contributed by atoms with van der Waals surface area (Å²) in [4.78, 5) is 37.3. The van der Waals surface area contributed by atoms with E-state index in [1.807, 2.05) is 30.3 Å². The molecule has 6 nitrogen and oxygen atoms in total. The van der Waals surface area contributed by atoms with Crippen molar-refractivity contribution in [3.05, 3.63) is 65.7 Å². The van der Waals surface area contributed by atoms with E-state index in [0.29, 0.717) is 23.7 Å². The molecule has 3 N–H and O–H groups in total. The Hall–Kier alpha value is -3.15. The predicted octanol–water partition coefficient (Wildman–Crippen LogP) is 3.25. The third-order valence-electron chi connectivity index (χ3n) is 5.35. The lowest BCUT2D eigenvalue weighted by Crippen LogP contribution is -2.46. The van der Waals surface area contributed by atoms with Crippen molar-refractivity contribution < 1.29 is 14.4 Å². The molecule has 1 aliphatic rings. The Kier molecular flexibility index (Phi) is 7.00. The second-order valence-corrected chi connectivity index (χ2v) is 7.51. The molecule has 0 bridgehead atoms. The maximum absolute atomic E-state index is 12.6. The van der Waals surface area contributed by atoms with E-state index in [9.17, 15) is 14.4 Å². The summed E-state index contributed by atoms with van der Waals surface area (Å²) in [6.07, 6.45) is 4.15. The van der Waals surface area contributed by atoms with Gasteiger partial charge in [0, 0.05) is 12.6 Å². The van der Waals surface area contributed by atoms with Crippen LogP contribution in [0.4, 0.5) is 5.69 Å². The molecule has 1 saturated carbocycles. The molecule has 2 atom stereocenters. The van der Waals surface area contributed by atoms with Gasteiger partial charge in [-0.05, 0) is 36.5 Å². The minimum atomic E-state index is -0.758. The number of nitrogens with one attached hydrogen (secondary N) is 3. The van der Waals surface area contributed by atoms with Crippen molar-refractivity contribution >= 4 is 23.4 Å². The van der Waals surface area contributed by atoms with E-state index in [2.05, 4.69) is 22.9 Å². The zero-order valence-electron chi connectivity index (χ0n) is 16.6. The van der Waals surface area contributed by atoms with Gasteiger partial charge in [-0.1, -0.05) is 62.2 Å². The van der Waals surface area contributed by atoms with Gasteiger partial charge in [0.15, 0.2) is 0 Å². The summed E-state index contributed by atoms with van der Waals surface area (Å²) in [6, 6.07) is 16.3. The lowest BCUT2D eigenvalue weighted by Gasteiger charge is -2.29. The molecule has 0 spiro atoms. The highest BCUT2D eigenvalue weighted by Crippen LogP contribution is 2.23. The van der Waals surface area contributed by atoms with Crippen LogP contribution in [0.2, 0.25) is 0 Å². The Balaban J connectivity index is 1.61. The molecule has 0 aromatic heterocycles. The molecule has 1 fully saturated rings. The van der Waals surface area contributed by atoms with Crippen LogP contribution in [-0.2, 0) is 16.1 Å². The highest BCUT2D eigenvalue weighted by molar-refractivity contribution is 6.40. The molecule has 29 heavy (non-hydrogen) atoms. The van der Waals surface area contributed by atoms with Crippen molar-refractivity contribution in [1.82, 2.24) is 10.6 Å². The second kappa shape index (κ2) is 9.87. The zero-order valence-corrected chi connectivity index (χ0v) is 16.6. The Labute approximate surface area is 171 Å². The molecule has 0 heterocycles. The molecule has 2 aromatic rings. The Morgan fingerprint density at radius 2 is 1.59 bits per heavy atom. The number of hydrogen-bond donors (Lipinski definition) is 3. The largest absolute Gasteiger partial charge is 0.348 e. The first kappa shape index (κ1) is 20.6. The van der Waals surface area contributed by atoms with Gasteiger partial charge in [-0.25, -0.2) is 0 Å². The van der Waals surface area contributed by atoms with Gasteiger partial charge in [-0.15, -0.1) is 0 Å². The van der Waals surface area contributed by atoms with Crippen LogP contribution in [0.1, 0.15) is 48.5 Å². The van der Waals surface area contributed by atoms with E-state index in [1.165, 1.54) is 0 Å². The maximum Gasteiger partial charge on any atom is 0.313 e. The maximum atomic E-state index is 12.6. The molecule has 3 amide bonds. The molecule has 0 saturated heterocycles. The summed E-state index contributed by atoms with van der Waals surface area (Å²) in [5, 5.41) is 8.25. The van der Waals surface area contributed by atoms with Crippen LogP contribution < -0.4 is 16.0 Å². The molecular weight excluding hydrogens is 366 g/mol. The monoisotopic (exact) mass is 393 g/mol. The van der Waals surface area contributed by atoms with E-state index in [0.717, 1.165) is 31.2 Å². The summed E-state index contributed by atoms with van der Waals surface area (Å²) in [5.74, 6) is -1.38. The average Bonchev–Trinajstić information content (AvgIpc) is 2.74. The van der Waals surface area contributed by atoms with Gasteiger partial charge in [-0.2, -0.15) is 0 Å². The van der Waals surface area contributed by atoms with Crippen molar-refractivity contribution in [3.8, 4) is 0 Å². The number of rotatable bonds is 5. The number of benzene rings is 2. The van der Waals surface area contributed by atoms with Crippen LogP contribution in [0.5, 0.6) is 0 Å². The van der Waals surface area contributed by atoms with Gasteiger partial charge < -0.3 is 16.0 Å². The van der Waals surface area contributed by atoms with Gasteiger partial charge >= 0.3 is 11.8 Å². The summed E-state index contributed by atoms with van der Waals surface area (Å²) in [7, 11) is 0. The summed E-state index contributed by atoms with van der Waals surface area (Å²) < 4.78 is 0. The molecule has 1 aliphatic carbocycles. The van der Waals surface area contributed by atoms with Crippen molar-refractivity contribution in [3.63, 3.8) is 0 Å². The third kappa shape index (κ3) is 5.67. The first-order chi connectivity index (χ1) is 14.0. The van der Waals surface area contributed by atoms with Crippen LogP contribution in [0.15, 0.2) is 54.6 Å². The first-order valence-corrected chi connectivity index (χ1v) is 10.1. The van der Waals surface area contributed by atoms with Crippen LogP contribution in [0.25, 0.3) is 0 Å². The highest BCUT2D eigenvalue weighted by atomic mass is 16.2. The van der Waals surface area contributed by atoms with Gasteiger partial charge in [0.25, 0.3) is 5.91 Å². The van der Waals surface area contributed by atoms with Crippen molar-refractivity contribution in [2.75, 3.05) is 5.32 Å². The normalized spacial score (nSPS) is 18.5. The SMILES string of the molecule is C[C@H]1CCCC[C@@H]1NC(=O)C(=O)Nc1ccccc1C(=O)NCc1ccccc1. The Bertz CT molecular complexity index is 867. The minimum Gasteiger partial charge on any atom is -0.348 e. The van der Waals surface area contributed by atoms with Gasteiger partial charge in [-0.3, -0.25) is 14.4 Å².